The highest BCUT2D eigenvalue weighted by molar-refractivity contribution is 5.88. The Kier molecular flexibility index (Phi) is 6.58. The van der Waals surface area contributed by atoms with Gasteiger partial charge >= 0.3 is 6.03 Å². The number of urea groups is 1. The second-order valence-corrected chi connectivity index (χ2v) is 6.43. The number of carbonyl (C=O) groups is 1. The first-order valence-electron chi connectivity index (χ1n) is 8.81. The van der Waals surface area contributed by atoms with Gasteiger partial charge in [0, 0.05) is 24.9 Å². The molecule has 2 aromatic rings. The summed E-state index contributed by atoms with van der Waals surface area (Å²) in [6.07, 6.45) is 4.39. The van der Waals surface area contributed by atoms with Crippen LogP contribution >= 0.6 is 0 Å². The van der Waals surface area contributed by atoms with E-state index in [1.165, 1.54) is 0 Å². The summed E-state index contributed by atoms with van der Waals surface area (Å²) in [5.41, 5.74) is 1.77. The van der Waals surface area contributed by atoms with Crippen molar-refractivity contribution in [3.63, 3.8) is 0 Å². The molecular weight excluding hydrogens is 316 g/mol. The lowest BCUT2D eigenvalue weighted by atomic mass is 9.79. The van der Waals surface area contributed by atoms with E-state index in [1.54, 1.807) is 4.68 Å². The second kappa shape index (κ2) is 8.67. The zero-order valence-electron chi connectivity index (χ0n) is 15.2. The van der Waals surface area contributed by atoms with E-state index in [4.69, 9.17) is 0 Å². The van der Waals surface area contributed by atoms with Gasteiger partial charge in [-0.05, 0) is 43.7 Å². The highest BCUT2D eigenvalue weighted by Gasteiger charge is 2.26. The third kappa shape index (κ3) is 4.82. The van der Waals surface area contributed by atoms with Crippen LogP contribution in [0.3, 0.4) is 0 Å². The minimum atomic E-state index is -0.273. The molecule has 0 unspecified atom stereocenters. The normalized spacial score (nSPS) is 11.4. The molecule has 0 atom stereocenters. The molecule has 136 valence electrons. The van der Waals surface area contributed by atoms with Gasteiger partial charge in [0.25, 0.3) is 0 Å². The number of carbonyl (C=O) groups excluding carboxylic acids is 1. The molecule has 1 aromatic heterocycles. The van der Waals surface area contributed by atoms with Crippen LogP contribution in [0.2, 0.25) is 0 Å². The van der Waals surface area contributed by atoms with E-state index in [1.807, 2.05) is 43.5 Å². The predicted molar refractivity (Wildman–Crippen MR) is 100 cm³/mol. The first kappa shape index (κ1) is 19.0. The predicted octanol–water partition coefficient (Wildman–Crippen LogP) is 3.49. The number of aromatic nitrogens is 2. The molecule has 0 aliphatic heterocycles. The van der Waals surface area contributed by atoms with E-state index in [0.29, 0.717) is 18.8 Å². The number of aliphatic hydroxyl groups is 1. The van der Waals surface area contributed by atoms with Crippen LogP contribution in [-0.2, 0) is 0 Å². The molecule has 6 nitrogen and oxygen atoms in total. The van der Waals surface area contributed by atoms with E-state index in [9.17, 15) is 9.90 Å². The largest absolute Gasteiger partial charge is 0.396 e. The van der Waals surface area contributed by atoms with Crippen LogP contribution in [0.15, 0.2) is 36.5 Å². The van der Waals surface area contributed by atoms with Crippen LogP contribution in [-0.4, -0.2) is 34.1 Å². The Hall–Kier alpha value is -2.34. The third-order valence-corrected chi connectivity index (χ3v) is 4.92. The molecule has 0 aliphatic rings. The fourth-order valence-electron chi connectivity index (χ4n) is 2.90. The van der Waals surface area contributed by atoms with Crippen LogP contribution in [0.4, 0.5) is 10.6 Å². The Labute approximate surface area is 149 Å². The number of rotatable bonds is 8. The highest BCUT2D eigenvalue weighted by Crippen LogP contribution is 2.29. The van der Waals surface area contributed by atoms with E-state index in [2.05, 4.69) is 29.6 Å². The summed E-state index contributed by atoms with van der Waals surface area (Å²) in [7, 11) is 0. The molecule has 2 amide bonds. The summed E-state index contributed by atoms with van der Waals surface area (Å²) in [4.78, 5) is 12.3. The number of aliphatic hydroxyl groups excluding tert-OH is 1. The molecule has 0 radical (unpaired) electrons. The average Bonchev–Trinajstić information content (AvgIpc) is 3.00. The molecule has 0 spiro atoms. The summed E-state index contributed by atoms with van der Waals surface area (Å²) in [5, 5.41) is 19.5. The van der Waals surface area contributed by atoms with Crippen molar-refractivity contribution in [2.24, 2.45) is 5.41 Å². The van der Waals surface area contributed by atoms with Gasteiger partial charge in [-0.3, -0.25) is 5.32 Å². The summed E-state index contributed by atoms with van der Waals surface area (Å²) >= 11 is 0. The maximum atomic E-state index is 12.3. The number of hydrogen-bond acceptors (Lipinski definition) is 3. The van der Waals surface area contributed by atoms with E-state index >= 15 is 0 Å². The van der Waals surface area contributed by atoms with Gasteiger partial charge in [-0.1, -0.05) is 32.0 Å². The molecular formula is C19H28N4O2. The van der Waals surface area contributed by atoms with Crippen molar-refractivity contribution < 1.29 is 9.90 Å². The Bertz CT molecular complexity index is 678. The van der Waals surface area contributed by atoms with E-state index in [-0.39, 0.29) is 18.1 Å². The number of hydrogen-bond donors (Lipinski definition) is 3. The summed E-state index contributed by atoms with van der Waals surface area (Å²) in [5.74, 6) is 0.544. The quantitative estimate of drug-likeness (QED) is 0.686. The zero-order valence-corrected chi connectivity index (χ0v) is 15.2. The van der Waals surface area contributed by atoms with Gasteiger partial charge in [0.05, 0.1) is 5.69 Å². The fraction of sp³-hybridized carbons (Fsp3) is 0.474. The van der Waals surface area contributed by atoms with Crippen LogP contribution in [0.25, 0.3) is 5.69 Å². The van der Waals surface area contributed by atoms with Gasteiger partial charge in [-0.2, -0.15) is 0 Å². The SMILES string of the molecule is CCC(CC)(CCO)CNC(=O)Nc1nn(-c2ccccc2)cc1C. The molecule has 0 aliphatic carbocycles. The molecule has 0 bridgehead atoms. The van der Waals surface area contributed by atoms with Crippen molar-refractivity contribution in [3.05, 3.63) is 42.1 Å². The average molecular weight is 344 g/mol. The minimum Gasteiger partial charge on any atom is -0.396 e. The molecule has 1 aromatic carbocycles. The summed E-state index contributed by atoms with van der Waals surface area (Å²) in [6.45, 7) is 6.75. The number of nitrogens with one attached hydrogen (secondary N) is 2. The lowest BCUT2D eigenvalue weighted by molar-refractivity contribution is 0.165. The van der Waals surface area contributed by atoms with Gasteiger partial charge in [-0.25, -0.2) is 9.48 Å². The first-order chi connectivity index (χ1) is 12.0. The number of anilines is 1. The van der Waals surface area contributed by atoms with Crippen molar-refractivity contribution >= 4 is 11.8 Å². The molecule has 25 heavy (non-hydrogen) atoms. The summed E-state index contributed by atoms with van der Waals surface area (Å²) in [6, 6.07) is 9.49. The van der Waals surface area contributed by atoms with Crippen molar-refractivity contribution in [2.45, 2.75) is 40.0 Å². The molecule has 1 heterocycles. The van der Waals surface area contributed by atoms with Gasteiger partial charge in [-0.15, -0.1) is 5.10 Å². The third-order valence-electron chi connectivity index (χ3n) is 4.92. The highest BCUT2D eigenvalue weighted by atomic mass is 16.3. The standard InChI is InChI=1S/C19H28N4O2/c1-4-19(5-2,11-12-24)14-20-18(25)21-17-15(3)13-23(22-17)16-9-7-6-8-10-16/h6-10,13,24H,4-5,11-12,14H2,1-3H3,(H2,20,21,22,25). The summed E-state index contributed by atoms with van der Waals surface area (Å²) < 4.78 is 1.75. The van der Waals surface area contributed by atoms with Crippen LogP contribution in [0, 0.1) is 12.3 Å². The van der Waals surface area contributed by atoms with Crippen molar-refractivity contribution in [3.8, 4) is 5.69 Å². The molecule has 0 saturated carbocycles. The Balaban J connectivity index is 2.00. The fourth-order valence-corrected chi connectivity index (χ4v) is 2.90. The van der Waals surface area contributed by atoms with E-state index < -0.39 is 0 Å². The van der Waals surface area contributed by atoms with Gasteiger partial charge in [0.1, 0.15) is 0 Å². The van der Waals surface area contributed by atoms with Crippen LogP contribution in [0.1, 0.15) is 38.7 Å². The zero-order chi connectivity index (χ0) is 18.3. The molecule has 3 N–H and O–H groups in total. The Morgan fingerprint density at radius 2 is 1.92 bits per heavy atom. The van der Waals surface area contributed by atoms with Gasteiger partial charge in [0.15, 0.2) is 5.82 Å². The molecule has 2 rings (SSSR count). The smallest absolute Gasteiger partial charge is 0.320 e. The molecule has 0 fully saturated rings. The Morgan fingerprint density at radius 1 is 1.24 bits per heavy atom. The number of aryl methyl sites for hydroxylation is 1. The van der Waals surface area contributed by atoms with Gasteiger partial charge in [0.2, 0.25) is 0 Å². The monoisotopic (exact) mass is 344 g/mol. The second-order valence-electron chi connectivity index (χ2n) is 6.43. The van der Waals surface area contributed by atoms with Crippen LogP contribution in [0.5, 0.6) is 0 Å². The lowest BCUT2D eigenvalue weighted by Gasteiger charge is -2.31. The Morgan fingerprint density at radius 3 is 2.52 bits per heavy atom. The number of benzene rings is 1. The van der Waals surface area contributed by atoms with E-state index in [0.717, 1.165) is 24.1 Å². The maximum absolute atomic E-state index is 12.3. The number of amides is 2. The molecule has 0 saturated heterocycles. The molecule has 6 heteroatoms. The number of nitrogens with zero attached hydrogens (tertiary/aromatic N) is 2. The van der Waals surface area contributed by atoms with Crippen molar-refractivity contribution in [1.82, 2.24) is 15.1 Å². The van der Waals surface area contributed by atoms with Crippen molar-refractivity contribution in [1.29, 1.82) is 0 Å². The maximum Gasteiger partial charge on any atom is 0.320 e. The van der Waals surface area contributed by atoms with Crippen LogP contribution < -0.4 is 10.6 Å². The minimum absolute atomic E-state index is 0.0649. The topological polar surface area (TPSA) is 79.2 Å². The lowest BCUT2D eigenvalue weighted by Crippen LogP contribution is -2.39. The number of para-hydroxylation sites is 1. The van der Waals surface area contributed by atoms with Crippen molar-refractivity contribution in [2.75, 3.05) is 18.5 Å². The van der Waals surface area contributed by atoms with Gasteiger partial charge < -0.3 is 10.4 Å². The first-order valence-corrected chi connectivity index (χ1v) is 8.81.